The maximum absolute atomic E-state index is 13.5. The number of aromatic nitrogens is 2. The van der Waals surface area contributed by atoms with E-state index in [1.165, 1.54) is 38.4 Å². The monoisotopic (exact) mass is 528 g/mol. The van der Waals surface area contributed by atoms with Gasteiger partial charge in [0.2, 0.25) is 11.7 Å². The van der Waals surface area contributed by atoms with Gasteiger partial charge in [-0.25, -0.2) is 28.0 Å². The molecule has 0 spiro atoms. The zero-order valence-corrected chi connectivity index (χ0v) is 20.1. The van der Waals surface area contributed by atoms with E-state index in [9.17, 15) is 26.4 Å². The fourth-order valence-electron chi connectivity index (χ4n) is 3.04. The van der Waals surface area contributed by atoms with Gasteiger partial charge in [-0.05, 0) is 29.8 Å². The van der Waals surface area contributed by atoms with Gasteiger partial charge in [0.25, 0.3) is 10.0 Å². The summed E-state index contributed by atoms with van der Waals surface area (Å²) in [5.74, 6) is -2.21. The highest BCUT2D eigenvalue weighted by molar-refractivity contribution is 7.94. The molecule has 0 bridgehead atoms. The minimum atomic E-state index is -4.81. The predicted molar refractivity (Wildman–Crippen MR) is 122 cm³/mol. The van der Waals surface area contributed by atoms with Crippen LogP contribution in [0.3, 0.4) is 0 Å². The molecular formula is C21H19F3N4O5S2. The van der Waals surface area contributed by atoms with Gasteiger partial charge in [-0.2, -0.15) is 17.5 Å². The summed E-state index contributed by atoms with van der Waals surface area (Å²) in [5, 5.41) is 2.66. The van der Waals surface area contributed by atoms with Crippen LogP contribution in [-0.4, -0.2) is 38.5 Å². The second-order valence-corrected chi connectivity index (χ2v) is 9.35. The zero-order valence-electron chi connectivity index (χ0n) is 18.5. The number of nitrogens with zero attached hydrogens (tertiary/aromatic N) is 2. The maximum Gasteiger partial charge on any atom is 0.451 e. The first-order chi connectivity index (χ1) is 16.5. The number of rotatable bonds is 8. The normalized spacial score (nSPS) is 11.8. The number of alkyl halides is 3. The fourth-order valence-corrected chi connectivity index (χ4v) is 4.43. The lowest BCUT2D eigenvalue weighted by Gasteiger charge is -2.17. The molecule has 0 saturated carbocycles. The summed E-state index contributed by atoms with van der Waals surface area (Å²) in [5.41, 5.74) is 0.887. The Bertz CT molecular complexity index is 1320. The van der Waals surface area contributed by atoms with E-state index < -0.39 is 27.9 Å². The van der Waals surface area contributed by atoms with Crippen molar-refractivity contribution in [3.63, 3.8) is 0 Å². The number of halogens is 3. The summed E-state index contributed by atoms with van der Waals surface area (Å²) in [4.78, 5) is 23.5. The summed E-state index contributed by atoms with van der Waals surface area (Å²) in [6.45, 7) is 1.06. The molecule has 14 heteroatoms. The number of sulfonamides is 1. The van der Waals surface area contributed by atoms with Crippen molar-refractivity contribution in [3.05, 3.63) is 54.4 Å². The maximum atomic E-state index is 13.5. The SMILES string of the molecule is CNc1nc(C(F)(F)F)nc(-c2ccc(SOOC)cc2)c1-c1ccc(S(=O)(=O)NC(C)=O)cc1. The average Bonchev–Trinajstić information content (AvgIpc) is 2.81. The van der Waals surface area contributed by atoms with Crippen molar-refractivity contribution in [3.8, 4) is 22.4 Å². The molecule has 186 valence electrons. The van der Waals surface area contributed by atoms with Gasteiger partial charge in [0, 0.05) is 24.4 Å². The van der Waals surface area contributed by atoms with E-state index >= 15 is 0 Å². The van der Waals surface area contributed by atoms with Gasteiger partial charge >= 0.3 is 6.18 Å². The van der Waals surface area contributed by atoms with E-state index in [0.29, 0.717) is 16.0 Å². The zero-order chi connectivity index (χ0) is 25.8. The van der Waals surface area contributed by atoms with Gasteiger partial charge in [-0.3, -0.25) is 4.79 Å². The van der Waals surface area contributed by atoms with Gasteiger partial charge in [0.15, 0.2) is 0 Å². The summed E-state index contributed by atoms with van der Waals surface area (Å²) in [7, 11) is -1.35. The van der Waals surface area contributed by atoms with Crippen molar-refractivity contribution < 1.29 is 35.6 Å². The number of amides is 1. The van der Waals surface area contributed by atoms with Crippen LogP contribution >= 0.6 is 12.0 Å². The third kappa shape index (κ3) is 6.28. The highest BCUT2D eigenvalue weighted by Gasteiger charge is 2.36. The van der Waals surface area contributed by atoms with Crippen LogP contribution in [0, 0.1) is 0 Å². The Kier molecular flexibility index (Phi) is 8.00. The highest BCUT2D eigenvalue weighted by Crippen LogP contribution is 2.39. The molecule has 9 nitrogen and oxygen atoms in total. The molecule has 1 amide bonds. The summed E-state index contributed by atoms with van der Waals surface area (Å²) >= 11 is 0.914. The standard InChI is InChI=1S/C21H19F3N4O5S2/c1-12(29)28-35(30,31)16-10-6-13(7-11-16)17-18(14-4-8-15(9-5-14)34-33-32-3)26-20(21(22,23)24)27-19(17)25-2/h4-11H,1-3H3,(H,28,29)(H,25,26,27). The number of hydrogen-bond acceptors (Lipinski definition) is 9. The Hall–Kier alpha value is -3.20. The van der Waals surface area contributed by atoms with Crippen molar-refractivity contribution in [1.82, 2.24) is 14.7 Å². The Morgan fingerprint density at radius 2 is 1.60 bits per heavy atom. The Morgan fingerprint density at radius 3 is 2.11 bits per heavy atom. The lowest BCUT2D eigenvalue weighted by Crippen LogP contribution is -2.28. The van der Waals surface area contributed by atoms with E-state index in [4.69, 9.17) is 4.33 Å². The van der Waals surface area contributed by atoms with E-state index in [0.717, 1.165) is 19.0 Å². The van der Waals surface area contributed by atoms with Crippen LogP contribution in [0.5, 0.6) is 0 Å². The molecule has 0 aliphatic rings. The van der Waals surface area contributed by atoms with Crippen LogP contribution in [0.4, 0.5) is 19.0 Å². The molecule has 1 aromatic heterocycles. The highest BCUT2D eigenvalue weighted by atomic mass is 32.2. The molecule has 0 fully saturated rings. The number of hydrogen-bond donors (Lipinski definition) is 2. The third-order valence-corrected chi connectivity index (χ3v) is 6.57. The Balaban J connectivity index is 2.17. The molecule has 1 heterocycles. The minimum absolute atomic E-state index is 0.0293. The molecule has 3 aromatic rings. The van der Waals surface area contributed by atoms with E-state index in [-0.39, 0.29) is 22.0 Å². The molecule has 3 rings (SSSR count). The van der Waals surface area contributed by atoms with Gasteiger partial charge in [-0.1, -0.05) is 24.3 Å². The molecule has 0 saturated heterocycles. The number of anilines is 1. The number of carbonyl (C=O) groups excluding carboxylic acids is 1. The molecule has 0 atom stereocenters. The molecule has 0 radical (unpaired) electrons. The van der Waals surface area contributed by atoms with Crippen LogP contribution in [0.15, 0.2) is 58.3 Å². The van der Waals surface area contributed by atoms with Crippen LogP contribution < -0.4 is 10.0 Å². The minimum Gasteiger partial charge on any atom is -0.372 e. The smallest absolute Gasteiger partial charge is 0.372 e. The molecule has 0 unspecified atom stereocenters. The van der Waals surface area contributed by atoms with Crippen LogP contribution in [0.1, 0.15) is 12.7 Å². The first kappa shape index (κ1) is 26.4. The van der Waals surface area contributed by atoms with Gasteiger partial charge in [0.05, 0.1) is 35.3 Å². The third-order valence-electron chi connectivity index (χ3n) is 4.46. The molecule has 35 heavy (non-hydrogen) atoms. The van der Waals surface area contributed by atoms with Crippen molar-refractivity contribution in [2.75, 3.05) is 19.5 Å². The molecular weight excluding hydrogens is 509 g/mol. The van der Waals surface area contributed by atoms with Gasteiger partial charge < -0.3 is 5.32 Å². The van der Waals surface area contributed by atoms with Gasteiger partial charge in [0.1, 0.15) is 5.82 Å². The number of benzene rings is 2. The van der Waals surface area contributed by atoms with E-state index in [2.05, 4.69) is 20.2 Å². The van der Waals surface area contributed by atoms with Crippen molar-refractivity contribution in [2.45, 2.75) is 22.9 Å². The van der Waals surface area contributed by atoms with Crippen LogP contribution in [0.25, 0.3) is 22.4 Å². The Morgan fingerprint density at radius 1 is 1.00 bits per heavy atom. The largest absolute Gasteiger partial charge is 0.451 e. The van der Waals surface area contributed by atoms with Crippen LogP contribution in [-0.2, 0) is 30.2 Å². The fraction of sp³-hybridized carbons (Fsp3) is 0.190. The lowest BCUT2D eigenvalue weighted by atomic mass is 9.99. The molecule has 2 aromatic carbocycles. The average molecular weight is 529 g/mol. The topological polar surface area (TPSA) is 120 Å². The second-order valence-electron chi connectivity index (χ2n) is 6.90. The van der Waals surface area contributed by atoms with E-state index in [1.54, 1.807) is 24.3 Å². The Labute approximate surface area is 203 Å². The lowest BCUT2D eigenvalue weighted by molar-refractivity contribution is -0.160. The van der Waals surface area contributed by atoms with Gasteiger partial charge in [-0.15, -0.1) is 0 Å². The van der Waals surface area contributed by atoms with Crippen molar-refractivity contribution >= 4 is 33.8 Å². The summed E-state index contributed by atoms with van der Waals surface area (Å²) < 4.78 is 71.7. The number of carbonyl (C=O) groups is 1. The first-order valence-electron chi connectivity index (χ1n) is 9.75. The molecule has 0 aliphatic carbocycles. The molecule has 2 N–H and O–H groups in total. The molecule has 0 aliphatic heterocycles. The first-order valence-corrected chi connectivity index (χ1v) is 12.0. The number of nitrogens with one attached hydrogen (secondary N) is 2. The van der Waals surface area contributed by atoms with E-state index in [1.807, 2.05) is 4.72 Å². The second kappa shape index (κ2) is 10.6. The summed E-state index contributed by atoms with van der Waals surface area (Å²) in [6, 6.07) is 11.6. The van der Waals surface area contributed by atoms with Crippen molar-refractivity contribution in [2.24, 2.45) is 0 Å². The van der Waals surface area contributed by atoms with Crippen LogP contribution in [0.2, 0.25) is 0 Å². The van der Waals surface area contributed by atoms with Crippen molar-refractivity contribution in [1.29, 1.82) is 0 Å². The predicted octanol–water partition coefficient (Wildman–Crippen LogP) is 4.28. The summed E-state index contributed by atoms with van der Waals surface area (Å²) in [6.07, 6.45) is -4.81. The quantitative estimate of drug-likeness (QED) is 0.251.